The fraction of sp³-hybridized carbons (Fsp3) is 0.571. The first-order valence-electron chi connectivity index (χ1n) is 6.71. The van der Waals surface area contributed by atoms with Crippen molar-refractivity contribution in [3.63, 3.8) is 0 Å². The maximum atomic E-state index is 6.13. The maximum absolute atomic E-state index is 6.13. The molecule has 18 heavy (non-hydrogen) atoms. The Kier molecular flexibility index (Phi) is 3.12. The largest absolute Gasteiger partial charge is 0.396 e. The van der Waals surface area contributed by atoms with E-state index in [0.29, 0.717) is 17.1 Å². The van der Waals surface area contributed by atoms with Gasteiger partial charge >= 0.3 is 0 Å². The Morgan fingerprint density at radius 3 is 3.00 bits per heavy atom. The van der Waals surface area contributed by atoms with Gasteiger partial charge in [-0.2, -0.15) is 0 Å². The number of nitrogens with zero attached hydrogens (tertiary/aromatic N) is 2. The molecule has 2 fully saturated rings. The van der Waals surface area contributed by atoms with E-state index in [4.69, 9.17) is 17.3 Å². The standard InChI is InChI=1S/C14H20ClN3/c1-10-8-17-7-3-4-11(17)9-18(10)13-6-2-5-12(15)14(13)16/h2,5-6,10-11H,3-4,7-9,16H2,1H3. The molecule has 0 aliphatic carbocycles. The van der Waals surface area contributed by atoms with Crippen LogP contribution in [0.4, 0.5) is 11.4 Å². The van der Waals surface area contributed by atoms with Gasteiger partial charge in [0.25, 0.3) is 0 Å². The first kappa shape index (κ1) is 12.1. The van der Waals surface area contributed by atoms with Crippen LogP contribution in [0.3, 0.4) is 0 Å². The summed E-state index contributed by atoms with van der Waals surface area (Å²) in [6.45, 7) is 5.74. The molecule has 2 aliphatic rings. The number of benzene rings is 1. The number of piperazine rings is 1. The topological polar surface area (TPSA) is 32.5 Å². The molecule has 2 unspecified atom stereocenters. The summed E-state index contributed by atoms with van der Waals surface area (Å²) in [7, 11) is 0. The van der Waals surface area contributed by atoms with Gasteiger partial charge in [-0.3, -0.25) is 4.90 Å². The molecule has 0 bridgehead atoms. The van der Waals surface area contributed by atoms with E-state index < -0.39 is 0 Å². The molecule has 98 valence electrons. The molecule has 0 radical (unpaired) electrons. The highest BCUT2D eigenvalue weighted by atomic mass is 35.5. The van der Waals surface area contributed by atoms with Gasteiger partial charge in [0.15, 0.2) is 0 Å². The van der Waals surface area contributed by atoms with E-state index in [0.717, 1.165) is 24.5 Å². The lowest BCUT2D eigenvalue weighted by Gasteiger charge is -2.44. The zero-order valence-corrected chi connectivity index (χ0v) is 11.5. The minimum Gasteiger partial charge on any atom is -0.396 e. The summed E-state index contributed by atoms with van der Waals surface area (Å²) in [4.78, 5) is 5.04. The molecule has 2 atom stereocenters. The van der Waals surface area contributed by atoms with Gasteiger partial charge in [0.2, 0.25) is 0 Å². The second-order valence-electron chi connectivity index (χ2n) is 5.47. The number of anilines is 2. The Bertz CT molecular complexity index is 449. The Hall–Kier alpha value is -0.930. The Balaban J connectivity index is 1.89. The van der Waals surface area contributed by atoms with E-state index in [9.17, 15) is 0 Å². The molecule has 3 rings (SSSR count). The number of hydrogen-bond donors (Lipinski definition) is 1. The fourth-order valence-electron chi connectivity index (χ4n) is 3.30. The number of para-hydroxylation sites is 1. The van der Waals surface area contributed by atoms with Crippen LogP contribution < -0.4 is 10.6 Å². The molecule has 2 saturated heterocycles. The van der Waals surface area contributed by atoms with Gasteiger partial charge in [0.05, 0.1) is 16.4 Å². The van der Waals surface area contributed by atoms with Crippen molar-refractivity contribution in [2.75, 3.05) is 30.3 Å². The lowest BCUT2D eigenvalue weighted by Crippen LogP contribution is -2.55. The summed E-state index contributed by atoms with van der Waals surface area (Å²) in [6, 6.07) is 7.13. The Morgan fingerprint density at radius 2 is 2.17 bits per heavy atom. The molecule has 2 aliphatic heterocycles. The van der Waals surface area contributed by atoms with Gasteiger partial charge in [-0.25, -0.2) is 0 Å². The second-order valence-corrected chi connectivity index (χ2v) is 5.87. The highest BCUT2D eigenvalue weighted by Gasteiger charge is 2.35. The van der Waals surface area contributed by atoms with Crippen molar-refractivity contribution in [1.82, 2.24) is 4.90 Å². The quantitative estimate of drug-likeness (QED) is 0.793. The molecule has 2 heterocycles. The monoisotopic (exact) mass is 265 g/mol. The first-order chi connectivity index (χ1) is 8.66. The zero-order chi connectivity index (χ0) is 12.7. The van der Waals surface area contributed by atoms with Crippen molar-refractivity contribution in [2.45, 2.75) is 31.8 Å². The smallest absolute Gasteiger partial charge is 0.0741 e. The van der Waals surface area contributed by atoms with Crippen LogP contribution in [0.25, 0.3) is 0 Å². The van der Waals surface area contributed by atoms with E-state index in [1.54, 1.807) is 0 Å². The van der Waals surface area contributed by atoms with Crippen LogP contribution in [-0.4, -0.2) is 36.6 Å². The third-order valence-corrected chi connectivity index (χ3v) is 4.61. The van der Waals surface area contributed by atoms with Gasteiger partial charge in [-0.05, 0) is 38.4 Å². The van der Waals surface area contributed by atoms with Crippen LogP contribution in [0.5, 0.6) is 0 Å². The average Bonchev–Trinajstić information content (AvgIpc) is 2.79. The SMILES string of the molecule is CC1CN2CCCC2CN1c1cccc(Cl)c1N. The van der Waals surface area contributed by atoms with Crippen LogP contribution in [0.1, 0.15) is 19.8 Å². The summed E-state index contributed by atoms with van der Waals surface area (Å²) in [5.74, 6) is 0. The van der Waals surface area contributed by atoms with Crippen LogP contribution in [0.15, 0.2) is 18.2 Å². The zero-order valence-electron chi connectivity index (χ0n) is 10.8. The number of fused-ring (bicyclic) bond motifs is 1. The van der Waals surface area contributed by atoms with Crippen molar-refractivity contribution in [1.29, 1.82) is 0 Å². The summed E-state index contributed by atoms with van der Waals surface area (Å²) in [5, 5.41) is 0.661. The normalized spacial score (nSPS) is 28.4. The maximum Gasteiger partial charge on any atom is 0.0741 e. The third-order valence-electron chi connectivity index (χ3n) is 4.28. The molecule has 1 aromatic rings. The van der Waals surface area contributed by atoms with Crippen LogP contribution in [0.2, 0.25) is 5.02 Å². The molecule has 1 aromatic carbocycles. The van der Waals surface area contributed by atoms with Crippen molar-refractivity contribution < 1.29 is 0 Å². The molecule has 3 nitrogen and oxygen atoms in total. The molecular formula is C14H20ClN3. The Labute approximate surface area is 114 Å². The van der Waals surface area contributed by atoms with E-state index in [2.05, 4.69) is 22.8 Å². The van der Waals surface area contributed by atoms with Crippen LogP contribution in [-0.2, 0) is 0 Å². The number of nitrogens with two attached hydrogens (primary N) is 1. The third kappa shape index (κ3) is 1.95. The van der Waals surface area contributed by atoms with Gasteiger partial charge in [-0.15, -0.1) is 0 Å². The van der Waals surface area contributed by atoms with E-state index in [1.807, 2.05) is 12.1 Å². The number of rotatable bonds is 1. The number of hydrogen-bond acceptors (Lipinski definition) is 3. The van der Waals surface area contributed by atoms with Gasteiger partial charge in [0, 0.05) is 25.2 Å². The van der Waals surface area contributed by atoms with Crippen molar-refractivity contribution >= 4 is 23.0 Å². The van der Waals surface area contributed by atoms with Gasteiger partial charge in [0.1, 0.15) is 0 Å². The summed E-state index contributed by atoms with van der Waals surface area (Å²) in [6.07, 6.45) is 2.64. The summed E-state index contributed by atoms with van der Waals surface area (Å²) < 4.78 is 0. The molecule has 0 spiro atoms. The predicted octanol–water partition coefficient (Wildman–Crippen LogP) is 2.60. The molecule has 2 N–H and O–H groups in total. The second kappa shape index (κ2) is 4.63. The highest BCUT2D eigenvalue weighted by Crippen LogP contribution is 2.34. The minimum atomic E-state index is 0.500. The van der Waals surface area contributed by atoms with E-state index in [1.165, 1.54) is 19.4 Å². The molecule has 0 saturated carbocycles. The van der Waals surface area contributed by atoms with Crippen molar-refractivity contribution in [3.05, 3.63) is 23.2 Å². The minimum absolute atomic E-state index is 0.500. The van der Waals surface area contributed by atoms with Crippen molar-refractivity contribution in [2.24, 2.45) is 0 Å². The summed E-state index contributed by atoms with van der Waals surface area (Å²) >= 11 is 6.13. The number of halogens is 1. The lowest BCUT2D eigenvalue weighted by molar-refractivity contribution is 0.203. The fourth-order valence-corrected chi connectivity index (χ4v) is 3.47. The van der Waals surface area contributed by atoms with E-state index >= 15 is 0 Å². The molecule has 0 amide bonds. The average molecular weight is 266 g/mol. The van der Waals surface area contributed by atoms with Gasteiger partial charge < -0.3 is 10.6 Å². The van der Waals surface area contributed by atoms with Crippen LogP contribution in [0, 0.1) is 0 Å². The lowest BCUT2D eigenvalue weighted by atomic mass is 10.1. The summed E-state index contributed by atoms with van der Waals surface area (Å²) in [5.41, 5.74) is 7.94. The highest BCUT2D eigenvalue weighted by molar-refractivity contribution is 6.33. The van der Waals surface area contributed by atoms with Crippen molar-refractivity contribution in [3.8, 4) is 0 Å². The van der Waals surface area contributed by atoms with Crippen LogP contribution >= 0.6 is 11.6 Å². The molecular weight excluding hydrogens is 246 g/mol. The predicted molar refractivity (Wildman–Crippen MR) is 77.3 cm³/mol. The number of nitrogen functional groups attached to an aromatic ring is 1. The first-order valence-corrected chi connectivity index (χ1v) is 7.09. The molecule has 4 heteroatoms. The molecule has 0 aromatic heterocycles. The van der Waals surface area contributed by atoms with E-state index in [-0.39, 0.29) is 0 Å². The Morgan fingerprint density at radius 1 is 1.33 bits per heavy atom. The van der Waals surface area contributed by atoms with Gasteiger partial charge in [-0.1, -0.05) is 17.7 Å².